The molecule has 0 radical (unpaired) electrons. The van der Waals surface area contributed by atoms with Crippen molar-refractivity contribution in [1.29, 1.82) is 0 Å². The van der Waals surface area contributed by atoms with Gasteiger partial charge in [-0.3, -0.25) is 4.99 Å². The highest BCUT2D eigenvalue weighted by Crippen LogP contribution is 2.24. The summed E-state index contributed by atoms with van der Waals surface area (Å²) in [6.07, 6.45) is 7.80. The predicted octanol–water partition coefficient (Wildman–Crippen LogP) is 1.59. The topological polar surface area (TPSA) is 48.9 Å². The van der Waals surface area contributed by atoms with Crippen LogP contribution in [0.1, 0.15) is 45.4 Å². The van der Waals surface area contributed by atoms with E-state index in [4.69, 9.17) is 4.74 Å². The van der Waals surface area contributed by atoms with Crippen LogP contribution in [-0.2, 0) is 4.74 Å². The number of hydrogen-bond donors (Lipinski definition) is 2. The molecule has 1 saturated carbocycles. The third kappa shape index (κ3) is 5.15. The Balaban J connectivity index is 1.63. The molecule has 0 aromatic heterocycles. The van der Waals surface area contributed by atoms with E-state index in [2.05, 4.69) is 34.5 Å². The SMILES string of the molecule is CN=C(NCCN(C)C1CCCC1)NCC1(C)CCCO1. The van der Waals surface area contributed by atoms with Gasteiger partial charge in [0.2, 0.25) is 0 Å². The minimum absolute atomic E-state index is 0.0295. The number of aliphatic imine (C=N–C) groups is 1. The van der Waals surface area contributed by atoms with Crippen LogP contribution in [0, 0.1) is 0 Å². The summed E-state index contributed by atoms with van der Waals surface area (Å²) in [5, 5.41) is 6.80. The summed E-state index contributed by atoms with van der Waals surface area (Å²) in [7, 11) is 4.06. The van der Waals surface area contributed by atoms with Crippen molar-refractivity contribution in [1.82, 2.24) is 15.5 Å². The number of rotatable bonds is 6. The molecule has 1 aliphatic carbocycles. The average Bonchev–Trinajstić information content (AvgIpc) is 3.14. The van der Waals surface area contributed by atoms with Crippen LogP contribution in [0.3, 0.4) is 0 Å². The maximum absolute atomic E-state index is 5.79. The average molecular weight is 296 g/mol. The van der Waals surface area contributed by atoms with Gasteiger partial charge in [0, 0.05) is 39.3 Å². The summed E-state index contributed by atoms with van der Waals surface area (Å²) >= 11 is 0. The standard InChI is InChI=1S/C16H32N4O/c1-16(9-6-12-21-16)13-19-15(17-2)18-10-11-20(3)14-7-4-5-8-14/h14H,4-13H2,1-3H3,(H2,17,18,19). The summed E-state index contributed by atoms with van der Waals surface area (Å²) in [6, 6.07) is 0.785. The second-order valence-electron chi connectivity index (χ2n) is 6.67. The lowest BCUT2D eigenvalue weighted by Crippen LogP contribution is -2.47. The molecular formula is C16H32N4O. The van der Waals surface area contributed by atoms with Gasteiger partial charge in [0.1, 0.15) is 0 Å². The number of hydrogen-bond acceptors (Lipinski definition) is 3. The molecule has 1 unspecified atom stereocenters. The smallest absolute Gasteiger partial charge is 0.191 e. The van der Waals surface area contributed by atoms with E-state index < -0.39 is 0 Å². The van der Waals surface area contributed by atoms with Gasteiger partial charge < -0.3 is 20.3 Å². The van der Waals surface area contributed by atoms with Crippen molar-refractivity contribution in [3.05, 3.63) is 0 Å². The van der Waals surface area contributed by atoms with Crippen LogP contribution < -0.4 is 10.6 Å². The van der Waals surface area contributed by atoms with E-state index in [-0.39, 0.29) is 5.60 Å². The van der Waals surface area contributed by atoms with Gasteiger partial charge >= 0.3 is 0 Å². The van der Waals surface area contributed by atoms with Crippen molar-refractivity contribution in [2.45, 2.75) is 57.1 Å². The van der Waals surface area contributed by atoms with Gasteiger partial charge in [-0.05, 0) is 39.7 Å². The first-order chi connectivity index (χ1) is 10.1. The summed E-state index contributed by atoms with van der Waals surface area (Å²) in [5.41, 5.74) is -0.0295. The number of nitrogens with zero attached hydrogens (tertiary/aromatic N) is 2. The number of guanidine groups is 1. The normalized spacial score (nSPS) is 27.5. The van der Waals surface area contributed by atoms with Crippen LogP contribution >= 0.6 is 0 Å². The van der Waals surface area contributed by atoms with Crippen LogP contribution in [0.25, 0.3) is 0 Å². The van der Waals surface area contributed by atoms with Crippen molar-refractivity contribution in [2.75, 3.05) is 40.3 Å². The van der Waals surface area contributed by atoms with Gasteiger partial charge in [-0.2, -0.15) is 0 Å². The Kier molecular flexibility index (Phi) is 6.30. The van der Waals surface area contributed by atoms with E-state index in [1.165, 1.54) is 25.7 Å². The van der Waals surface area contributed by atoms with Crippen LogP contribution in [0.15, 0.2) is 4.99 Å². The van der Waals surface area contributed by atoms with Gasteiger partial charge in [-0.1, -0.05) is 12.8 Å². The predicted molar refractivity (Wildman–Crippen MR) is 87.8 cm³/mol. The molecule has 2 fully saturated rings. The molecule has 122 valence electrons. The van der Waals surface area contributed by atoms with Gasteiger partial charge in [-0.15, -0.1) is 0 Å². The quantitative estimate of drug-likeness (QED) is 0.577. The summed E-state index contributed by atoms with van der Waals surface area (Å²) in [6.45, 7) is 5.89. The molecule has 1 heterocycles. The molecule has 2 aliphatic rings. The van der Waals surface area contributed by atoms with Crippen LogP contribution in [0.5, 0.6) is 0 Å². The van der Waals surface area contributed by atoms with E-state index in [9.17, 15) is 0 Å². The summed E-state index contributed by atoms with van der Waals surface area (Å²) in [5.74, 6) is 0.881. The van der Waals surface area contributed by atoms with Crippen LogP contribution in [0.4, 0.5) is 0 Å². The molecular weight excluding hydrogens is 264 g/mol. The van der Waals surface area contributed by atoms with Gasteiger partial charge in [-0.25, -0.2) is 0 Å². The number of nitrogens with one attached hydrogen (secondary N) is 2. The maximum atomic E-state index is 5.79. The molecule has 1 atom stereocenters. The molecule has 0 amide bonds. The van der Waals surface area contributed by atoms with Gasteiger partial charge in [0.05, 0.1) is 5.60 Å². The van der Waals surface area contributed by atoms with Gasteiger partial charge in [0.25, 0.3) is 0 Å². The number of likely N-dealkylation sites (N-methyl/N-ethyl adjacent to an activating group) is 1. The minimum Gasteiger partial charge on any atom is -0.373 e. The van der Waals surface area contributed by atoms with E-state index in [0.29, 0.717) is 0 Å². The molecule has 0 spiro atoms. The maximum Gasteiger partial charge on any atom is 0.191 e. The Labute approximate surface area is 129 Å². The third-order valence-electron chi connectivity index (χ3n) is 4.86. The molecule has 5 nitrogen and oxygen atoms in total. The molecule has 21 heavy (non-hydrogen) atoms. The van der Waals surface area contributed by atoms with E-state index in [0.717, 1.165) is 51.1 Å². The molecule has 5 heteroatoms. The van der Waals surface area contributed by atoms with E-state index in [1.807, 2.05) is 7.05 Å². The molecule has 0 aromatic carbocycles. The molecule has 1 aliphatic heterocycles. The highest BCUT2D eigenvalue weighted by atomic mass is 16.5. The van der Waals surface area contributed by atoms with E-state index >= 15 is 0 Å². The molecule has 1 saturated heterocycles. The van der Waals surface area contributed by atoms with Crippen molar-refractivity contribution in [3.63, 3.8) is 0 Å². The zero-order valence-corrected chi connectivity index (χ0v) is 14.0. The van der Waals surface area contributed by atoms with Crippen molar-refractivity contribution in [3.8, 4) is 0 Å². The Morgan fingerprint density at radius 2 is 2.05 bits per heavy atom. The van der Waals surface area contributed by atoms with Crippen LogP contribution in [-0.4, -0.2) is 62.8 Å². The molecule has 2 rings (SSSR count). The lowest BCUT2D eigenvalue weighted by molar-refractivity contribution is 0.0243. The first-order valence-corrected chi connectivity index (χ1v) is 8.42. The Morgan fingerprint density at radius 3 is 2.67 bits per heavy atom. The fourth-order valence-electron chi connectivity index (χ4n) is 3.35. The zero-order valence-electron chi connectivity index (χ0n) is 14.0. The Hall–Kier alpha value is -0.810. The largest absolute Gasteiger partial charge is 0.373 e. The number of ether oxygens (including phenoxy) is 1. The Morgan fingerprint density at radius 1 is 1.29 bits per heavy atom. The minimum atomic E-state index is -0.0295. The van der Waals surface area contributed by atoms with Gasteiger partial charge in [0.15, 0.2) is 5.96 Å². The third-order valence-corrected chi connectivity index (χ3v) is 4.86. The molecule has 2 N–H and O–H groups in total. The first kappa shape index (κ1) is 16.6. The lowest BCUT2D eigenvalue weighted by Gasteiger charge is -2.26. The second-order valence-corrected chi connectivity index (χ2v) is 6.67. The molecule has 0 aromatic rings. The highest BCUT2D eigenvalue weighted by molar-refractivity contribution is 5.79. The van der Waals surface area contributed by atoms with Crippen molar-refractivity contribution in [2.24, 2.45) is 4.99 Å². The fourth-order valence-corrected chi connectivity index (χ4v) is 3.35. The van der Waals surface area contributed by atoms with Crippen molar-refractivity contribution >= 4 is 5.96 Å². The highest BCUT2D eigenvalue weighted by Gasteiger charge is 2.29. The molecule has 0 bridgehead atoms. The van der Waals surface area contributed by atoms with Crippen molar-refractivity contribution < 1.29 is 4.74 Å². The summed E-state index contributed by atoms with van der Waals surface area (Å²) < 4.78 is 5.79. The first-order valence-electron chi connectivity index (χ1n) is 8.42. The monoisotopic (exact) mass is 296 g/mol. The van der Waals surface area contributed by atoms with Crippen LogP contribution in [0.2, 0.25) is 0 Å². The van der Waals surface area contributed by atoms with E-state index in [1.54, 1.807) is 0 Å². The zero-order chi connectivity index (χ0) is 15.1. The lowest BCUT2D eigenvalue weighted by atomic mass is 10.0. The fraction of sp³-hybridized carbons (Fsp3) is 0.938. The Bertz CT molecular complexity index is 333. The summed E-state index contributed by atoms with van der Waals surface area (Å²) in [4.78, 5) is 6.78. The second kappa shape index (κ2) is 7.99.